The molecule has 0 aromatic heterocycles. The van der Waals surface area contributed by atoms with Gasteiger partial charge in [0.15, 0.2) is 0 Å². The summed E-state index contributed by atoms with van der Waals surface area (Å²) in [7, 11) is 0. The standard InChI is InChI=1S/C12H8Cl2N2O/c13-7-3-1-2-4-8(7)16-9-5-6-10(17)12(15)11(9)14/h1-6H,15H2. The van der Waals surface area contributed by atoms with Crippen LogP contribution in [0, 0.1) is 0 Å². The van der Waals surface area contributed by atoms with Gasteiger partial charge < -0.3 is 5.73 Å². The average Bonchev–Trinajstić information content (AvgIpc) is 2.32. The van der Waals surface area contributed by atoms with Gasteiger partial charge in [-0.25, -0.2) is 4.99 Å². The van der Waals surface area contributed by atoms with Crippen LogP contribution >= 0.6 is 23.2 Å². The van der Waals surface area contributed by atoms with E-state index in [4.69, 9.17) is 28.9 Å². The summed E-state index contributed by atoms with van der Waals surface area (Å²) in [6.07, 6.45) is 2.85. The van der Waals surface area contributed by atoms with E-state index in [2.05, 4.69) is 4.99 Å². The number of benzene rings is 1. The van der Waals surface area contributed by atoms with Crippen LogP contribution in [-0.2, 0) is 4.79 Å². The number of rotatable bonds is 1. The first kappa shape index (κ1) is 11.9. The van der Waals surface area contributed by atoms with Crippen molar-refractivity contribution in [2.45, 2.75) is 0 Å². The molecule has 0 bridgehead atoms. The maximum atomic E-state index is 11.2. The zero-order valence-electron chi connectivity index (χ0n) is 8.65. The van der Waals surface area contributed by atoms with Crippen molar-refractivity contribution in [1.29, 1.82) is 0 Å². The lowest BCUT2D eigenvalue weighted by Gasteiger charge is -2.08. The van der Waals surface area contributed by atoms with Crippen molar-refractivity contribution in [2.24, 2.45) is 10.7 Å². The summed E-state index contributed by atoms with van der Waals surface area (Å²) in [5.41, 5.74) is 6.54. The Morgan fingerprint density at radius 1 is 1.12 bits per heavy atom. The lowest BCUT2D eigenvalue weighted by Crippen LogP contribution is -2.17. The lowest BCUT2D eigenvalue weighted by atomic mass is 10.1. The first-order valence-corrected chi connectivity index (χ1v) is 5.56. The van der Waals surface area contributed by atoms with Crippen molar-refractivity contribution in [3.63, 3.8) is 0 Å². The molecular weight excluding hydrogens is 259 g/mol. The Morgan fingerprint density at radius 3 is 2.53 bits per heavy atom. The molecule has 17 heavy (non-hydrogen) atoms. The molecule has 1 aromatic rings. The quantitative estimate of drug-likeness (QED) is 0.795. The summed E-state index contributed by atoms with van der Waals surface area (Å²) in [6, 6.07) is 7.08. The number of para-hydroxylation sites is 1. The zero-order valence-corrected chi connectivity index (χ0v) is 10.2. The van der Waals surface area contributed by atoms with Gasteiger partial charge in [-0.1, -0.05) is 35.3 Å². The molecule has 0 heterocycles. The van der Waals surface area contributed by atoms with Crippen LogP contribution in [0.2, 0.25) is 5.02 Å². The third-order valence-corrected chi connectivity index (χ3v) is 2.93. The molecule has 0 radical (unpaired) electrons. The van der Waals surface area contributed by atoms with Gasteiger partial charge in [-0.3, -0.25) is 4.79 Å². The van der Waals surface area contributed by atoms with Gasteiger partial charge in [-0.15, -0.1) is 0 Å². The highest BCUT2D eigenvalue weighted by atomic mass is 35.5. The van der Waals surface area contributed by atoms with E-state index in [9.17, 15) is 4.79 Å². The van der Waals surface area contributed by atoms with E-state index < -0.39 is 0 Å². The summed E-state index contributed by atoms with van der Waals surface area (Å²) in [6.45, 7) is 0. The normalized spacial score (nSPS) is 18.0. The predicted octanol–water partition coefficient (Wildman–Crippen LogP) is 2.96. The Balaban J connectivity index is 2.46. The summed E-state index contributed by atoms with van der Waals surface area (Å²) in [5.74, 6) is -0.312. The van der Waals surface area contributed by atoms with E-state index >= 15 is 0 Å². The van der Waals surface area contributed by atoms with Gasteiger partial charge in [0.1, 0.15) is 5.70 Å². The summed E-state index contributed by atoms with van der Waals surface area (Å²) >= 11 is 11.9. The number of nitrogens with zero attached hydrogens (tertiary/aromatic N) is 1. The van der Waals surface area contributed by atoms with Crippen molar-refractivity contribution in [3.05, 3.63) is 52.2 Å². The monoisotopic (exact) mass is 266 g/mol. The number of allylic oxidation sites excluding steroid dienone is 3. The second kappa shape index (κ2) is 4.73. The first-order valence-electron chi connectivity index (χ1n) is 4.81. The Kier molecular flexibility index (Phi) is 3.31. The van der Waals surface area contributed by atoms with Crippen molar-refractivity contribution >= 4 is 40.4 Å². The summed E-state index contributed by atoms with van der Waals surface area (Å²) in [5, 5.41) is 0.658. The second-order valence-corrected chi connectivity index (χ2v) is 4.16. The zero-order chi connectivity index (χ0) is 12.4. The number of hydrogen-bond donors (Lipinski definition) is 1. The fourth-order valence-corrected chi connectivity index (χ4v) is 1.70. The molecule has 0 amide bonds. The van der Waals surface area contributed by atoms with Crippen LogP contribution < -0.4 is 5.73 Å². The largest absolute Gasteiger partial charge is 0.394 e. The maximum absolute atomic E-state index is 11.2. The fraction of sp³-hybridized carbons (Fsp3) is 0. The maximum Gasteiger partial charge on any atom is 0.203 e. The number of hydrogen-bond acceptors (Lipinski definition) is 3. The van der Waals surface area contributed by atoms with E-state index in [-0.39, 0.29) is 16.5 Å². The minimum atomic E-state index is -0.312. The highest BCUT2D eigenvalue weighted by Gasteiger charge is 2.17. The molecular formula is C12H8Cl2N2O. The van der Waals surface area contributed by atoms with Gasteiger partial charge in [-0.2, -0.15) is 0 Å². The SMILES string of the molecule is NC1=C(Cl)C(=Nc2ccccc2Cl)C=CC1=O. The number of aliphatic imine (C=N–C) groups is 1. The molecule has 1 aliphatic carbocycles. The predicted molar refractivity (Wildman–Crippen MR) is 69.8 cm³/mol. The van der Waals surface area contributed by atoms with Gasteiger partial charge in [0.25, 0.3) is 0 Å². The molecule has 2 N–H and O–H groups in total. The number of carbonyl (C=O) groups is 1. The minimum Gasteiger partial charge on any atom is -0.394 e. The Hall–Kier alpha value is -1.58. The number of nitrogens with two attached hydrogens (primary N) is 1. The van der Waals surface area contributed by atoms with Crippen molar-refractivity contribution < 1.29 is 4.79 Å². The molecule has 0 fully saturated rings. The topological polar surface area (TPSA) is 55.4 Å². The number of halogens is 2. The van der Waals surface area contributed by atoms with Crippen molar-refractivity contribution in [3.8, 4) is 0 Å². The van der Waals surface area contributed by atoms with E-state index in [1.54, 1.807) is 18.2 Å². The Bertz CT molecular complexity index is 574. The van der Waals surface area contributed by atoms with Crippen LogP contribution in [0.1, 0.15) is 0 Å². The second-order valence-electron chi connectivity index (χ2n) is 3.37. The molecule has 0 spiro atoms. The third-order valence-electron chi connectivity index (χ3n) is 2.21. The fourth-order valence-electron chi connectivity index (χ4n) is 1.32. The van der Waals surface area contributed by atoms with Crippen LogP contribution in [0.5, 0.6) is 0 Å². The van der Waals surface area contributed by atoms with Crippen LogP contribution in [-0.4, -0.2) is 11.5 Å². The molecule has 0 unspecified atom stereocenters. The van der Waals surface area contributed by atoms with E-state index in [0.717, 1.165) is 0 Å². The Morgan fingerprint density at radius 2 is 1.82 bits per heavy atom. The van der Waals surface area contributed by atoms with Gasteiger partial charge in [0, 0.05) is 0 Å². The van der Waals surface area contributed by atoms with Gasteiger partial charge >= 0.3 is 0 Å². The molecule has 86 valence electrons. The summed E-state index contributed by atoms with van der Waals surface area (Å²) in [4.78, 5) is 15.5. The molecule has 5 heteroatoms. The van der Waals surface area contributed by atoms with Gasteiger partial charge in [0.2, 0.25) is 5.78 Å². The third kappa shape index (κ3) is 2.40. The van der Waals surface area contributed by atoms with Crippen molar-refractivity contribution in [1.82, 2.24) is 0 Å². The minimum absolute atomic E-state index is 0.0000276. The highest BCUT2D eigenvalue weighted by Crippen LogP contribution is 2.26. The van der Waals surface area contributed by atoms with Crippen LogP contribution in [0.15, 0.2) is 52.1 Å². The first-order chi connectivity index (χ1) is 8.09. The molecule has 0 saturated heterocycles. The van der Waals surface area contributed by atoms with E-state index in [0.29, 0.717) is 16.4 Å². The summed E-state index contributed by atoms with van der Waals surface area (Å²) < 4.78 is 0. The molecule has 0 aliphatic heterocycles. The van der Waals surface area contributed by atoms with Crippen LogP contribution in [0.3, 0.4) is 0 Å². The molecule has 1 aliphatic rings. The van der Waals surface area contributed by atoms with Crippen molar-refractivity contribution in [2.75, 3.05) is 0 Å². The molecule has 2 rings (SSSR count). The molecule has 0 atom stereocenters. The average molecular weight is 267 g/mol. The highest BCUT2D eigenvalue weighted by molar-refractivity contribution is 6.49. The van der Waals surface area contributed by atoms with E-state index in [1.807, 2.05) is 6.07 Å². The van der Waals surface area contributed by atoms with Gasteiger partial charge in [-0.05, 0) is 24.3 Å². The van der Waals surface area contributed by atoms with Crippen LogP contribution in [0.25, 0.3) is 0 Å². The molecule has 3 nitrogen and oxygen atoms in total. The number of ketones is 1. The Labute approximate surface area is 108 Å². The molecule has 0 saturated carbocycles. The van der Waals surface area contributed by atoms with Crippen LogP contribution in [0.4, 0.5) is 5.69 Å². The lowest BCUT2D eigenvalue weighted by molar-refractivity contribution is -0.111. The smallest absolute Gasteiger partial charge is 0.203 e. The number of carbonyl (C=O) groups excluding carboxylic acids is 1. The van der Waals surface area contributed by atoms with E-state index in [1.165, 1.54) is 12.2 Å². The molecule has 1 aromatic carbocycles. The van der Waals surface area contributed by atoms with Gasteiger partial charge in [0.05, 0.1) is 21.5 Å².